The molecule has 1 unspecified atom stereocenters. The van der Waals surface area contributed by atoms with Gasteiger partial charge in [-0.15, -0.1) is 11.3 Å². The fourth-order valence-corrected chi connectivity index (χ4v) is 4.06. The Hall–Kier alpha value is -1.98. The number of benzene rings is 1. The lowest BCUT2D eigenvalue weighted by molar-refractivity contribution is 0.119. The van der Waals surface area contributed by atoms with Crippen LogP contribution in [0.15, 0.2) is 29.6 Å². The second-order valence-electron chi connectivity index (χ2n) is 6.31. The van der Waals surface area contributed by atoms with Crippen LogP contribution in [0.2, 0.25) is 0 Å². The molecule has 25 heavy (non-hydrogen) atoms. The van der Waals surface area contributed by atoms with Crippen LogP contribution in [-0.4, -0.2) is 24.1 Å². The molecule has 0 aliphatic heterocycles. The Kier molecular flexibility index (Phi) is 5.35. The minimum Gasteiger partial charge on any atom is -0.375 e. The monoisotopic (exact) mass is 355 g/mol. The number of thiazole rings is 1. The van der Waals surface area contributed by atoms with E-state index in [0.29, 0.717) is 0 Å². The van der Waals surface area contributed by atoms with Gasteiger partial charge >= 0.3 is 0 Å². The predicted molar refractivity (Wildman–Crippen MR) is 106 cm³/mol. The number of aryl methyl sites for hydroxylation is 1. The number of aromatic nitrogens is 2. The first-order chi connectivity index (χ1) is 12.0. The highest BCUT2D eigenvalue weighted by Crippen LogP contribution is 2.32. The molecule has 0 N–H and O–H groups in total. The molecule has 0 fully saturated rings. The molecule has 0 amide bonds. The van der Waals surface area contributed by atoms with Crippen LogP contribution < -0.4 is 4.90 Å². The predicted octanol–water partition coefficient (Wildman–Crippen LogP) is 4.91. The summed E-state index contributed by atoms with van der Waals surface area (Å²) in [5.41, 5.74) is 5.80. The minimum absolute atomic E-state index is 0.0410. The highest BCUT2D eigenvalue weighted by molar-refractivity contribution is 7.09. The summed E-state index contributed by atoms with van der Waals surface area (Å²) in [7, 11) is 3.86. The molecule has 0 spiro atoms. The van der Waals surface area contributed by atoms with Crippen molar-refractivity contribution in [3.8, 4) is 0 Å². The van der Waals surface area contributed by atoms with Gasteiger partial charge in [0.05, 0.1) is 23.4 Å². The summed E-state index contributed by atoms with van der Waals surface area (Å²) in [6.07, 6.45) is 1.01. The summed E-state index contributed by atoms with van der Waals surface area (Å²) in [4.78, 5) is 11.8. The molecule has 3 rings (SSSR count). The zero-order chi connectivity index (χ0) is 18.0. The number of rotatable bonds is 6. The van der Waals surface area contributed by atoms with E-state index < -0.39 is 0 Å². The number of anilines is 1. The van der Waals surface area contributed by atoms with E-state index in [9.17, 15) is 0 Å². The van der Waals surface area contributed by atoms with Crippen molar-refractivity contribution in [3.05, 3.63) is 51.6 Å². The van der Waals surface area contributed by atoms with E-state index in [1.807, 2.05) is 13.0 Å². The summed E-state index contributed by atoms with van der Waals surface area (Å²) in [5, 5.41) is 4.36. The van der Waals surface area contributed by atoms with Crippen molar-refractivity contribution in [3.63, 3.8) is 0 Å². The second-order valence-corrected chi connectivity index (χ2v) is 7.20. The van der Waals surface area contributed by atoms with E-state index in [0.717, 1.165) is 34.9 Å². The average molecular weight is 356 g/mol. The fourth-order valence-electron chi connectivity index (χ4n) is 3.22. The van der Waals surface area contributed by atoms with Crippen molar-refractivity contribution in [2.75, 3.05) is 19.1 Å². The topological polar surface area (TPSA) is 38.2 Å². The first kappa shape index (κ1) is 17.8. The van der Waals surface area contributed by atoms with Crippen molar-refractivity contribution in [2.45, 2.75) is 39.8 Å². The van der Waals surface area contributed by atoms with Crippen molar-refractivity contribution in [1.29, 1.82) is 0 Å². The molecule has 0 aliphatic rings. The molecule has 0 saturated heterocycles. The summed E-state index contributed by atoms with van der Waals surface area (Å²) in [6, 6.07) is 8.37. The third kappa shape index (κ3) is 3.53. The minimum atomic E-state index is 0.0410. The Bertz CT molecular complexity index is 875. The lowest BCUT2D eigenvalue weighted by atomic mass is 10.0. The normalized spacial score (nSPS) is 12.5. The molecule has 1 atom stereocenters. The average Bonchev–Trinajstić information content (AvgIpc) is 3.08. The lowest BCUT2D eigenvalue weighted by Gasteiger charge is -2.24. The van der Waals surface area contributed by atoms with Crippen LogP contribution in [0.25, 0.3) is 10.9 Å². The maximum atomic E-state index is 5.38. The van der Waals surface area contributed by atoms with Gasteiger partial charge in [-0.1, -0.05) is 25.1 Å². The summed E-state index contributed by atoms with van der Waals surface area (Å²) in [5.74, 6) is 0. The van der Waals surface area contributed by atoms with Crippen LogP contribution >= 0.6 is 11.3 Å². The molecule has 0 radical (unpaired) electrons. The number of hydrogen-bond donors (Lipinski definition) is 0. The Labute approximate surface area is 153 Å². The number of hydrogen-bond acceptors (Lipinski definition) is 5. The van der Waals surface area contributed by atoms with Gasteiger partial charge in [0, 0.05) is 30.6 Å². The van der Waals surface area contributed by atoms with Crippen molar-refractivity contribution in [1.82, 2.24) is 9.97 Å². The van der Waals surface area contributed by atoms with E-state index in [1.54, 1.807) is 18.4 Å². The Balaban J connectivity index is 1.99. The number of pyridine rings is 1. The molecule has 0 aliphatic carbocycles. The molecule has 0 saturated carbocycles. The third-order valence-corrected chi connectivity index (χ3v) is 5.63. The number of nitrogens with zero attached hydrogens (tertiary/aromatic N) is 3. The van der Waals surface area contributed by atoms with Gasteiger partial charge in [-0.3, -0.25) is 4.98 Å². The van der Waals surface area contributed by atoms with Gasteiger partial charge in [-0.05, 0) is 31.9 Å². The molecule has 3 aromatic rings. The van der Waals surface area contributed by atoms with Crippen molar-refractivity contribution >= 4 is 27.9 Å². The maximum absolute atomic E-state index is 5.38. The van der Waals surface area contributed by atoms with Crippen molar-refractivity contribution < 1.29 is 4.74 Å². The van der Waals surface area contributed by atoms with E-state index in [-0.39, 0.29) is 6.10 Å². The number of fused-ring (bicyclic) bond motifs is 1. The second kappa shape index (κ2) is 7.50. The van der Waals surface area contributed by atoms with Crippen LogP contribution in [-0.2, 0) is 17.7 Å². The number of methoxy groups -OCH3 is 1. The molecule has 2 heterocycles. The zero-order valence-electron chi connectivity index (χ0n) is 15.5. The first-order valence-corrected chi connectivity index (χ1v) is 9.49. The van der Waals surface area contributed by atoms with Crippen LogP contribution in [0, 0.1) is 6.92 Å². The highest BCUT2D eigenvalue weighted by atomic mass is 32.1. The largest absolute Gasteiger partial charge is 0.375 e. The smallest absolute Gasteiger partial charge is 0.122 e. The molecule has 132 valence electrons. The van der Waals surface area contributed by atoms with Gasteiger partial charge < -0.3 is 9.64 Å². The van der Waals surface area contributed by atoms with Crippen LogP contribution in [0.1, 0.15) is 41.9 Å². The van der Waals surface area contributed by atoms with E-state index >= 15 is 0 Å². The summed E-state index contributed by atoms with van der Waals surface area (Å²) < 4.78 is 5.38. The van der Waals surface area contributed by atoms with Gasteiger partial charge in [-0.2, -0.15) is 0 Å². The molecule has 5 heteroatoms. The first-order valence-electron chi connectivity index (χ1n) is 8.61. The lowest BCUT2D eigenvalue weighted by Crippen LogP contribution is -2.19. The molecule has 4 nitrogen and oxygen atoms in total. The van der Waals surface area contributed by atoms with Gasteiger partial charge in [0.1, 0.15) is 11.1 Å². The van der Waals surface area contributed by atoms with E-state index in [4.69, 9.17) is 14.7 Å². The van der Waals surface area contributed by atoms with Gasteiger partial charge in [0.15, 0.2) is 0 Å². The van der Waals surface area contributed by atoms with Gasteiger partial charge in [0.2, 0.25) is 0 Å². The molecule has 0 bridgehead atoms. The van der Waals surface area contributed by atoms with E-state index in [2.05, 4.69) is 49.4 Å². The Morgan fingerprint density at radius 3 is 2.72 bits per heavy atom. The summed E-state index contributed by atoms with van der Waals surface area (Å²) >= 11 is 1.66. The standard InChI is InChI=1S/C20H25N3OS/c1-6-16-13(2)21-18-10-8-7-9-17(18)19(16)23(4)11-15-12-25-20(22-15)14(3)24-5/h7-10,12,14H,6,11H2,1-5H3. The maximum Gasteiger partial charge on any atom is 0.122 e. The molecule has 1 aromatic carbocycles. The molecule has 2 aromatic heterocycles. The van der Waals surface area contributed by atoms with Gasteiger partial charge in [0.25, 0.3) is 0 Å². The summed E-state index contributed by atoms with van der Waals surface area (Å²) in [6.45, 7) is 7.09. The Morgan fingerprint density at radius 2 is 2.00 bits per heavy atom. The van der Waals surface area contributed by atoms with Crippen LogP contribution in [0.4, 0.5) is 5.69 Å². The van der Waals surface area contributed by atoms with Crippen molar-refractivity contribution in [2.24, 2.45) is 0 Å². The SMILES string of the molecule is CCc1c(C)nc2ccccc2c1N(C)Cc1csc(C(C)OC)n1. The third-order valence-electron chi connectivity index (χ3n) is 4.58. The highest BCUT2D eigenvalue weighted by Gasteiger charge is 2.17. The number of para-hydroxylation sites is 1. The Morgan fingerprint density at radius 1 is 1.24 bits per heavy atom. The molecular weight excluding hydrogens is 330 g/mol. The van der Waals surface area contributed by atoms with Crippen LogP contribution in [0.5, 0.6) is 0 Å². The number of ether oxygens (including phenoxy) is 1. The fraction of sp³-hybridized carbons (Fsp3) is 0.400. The van der Waals surface area contributed by atoms with Gasteiger partial charge in [-0.25, -0.2) is 4.98 Å². The molecular formula is C20H25N3OS. The van der Waals surface area contributed by atoms with Crippen LogP contribution in [0.3, 0.4) is 0 Å². The zero-order valence-corrected chi connectivity index (χ0v) is 16.4. The quantitative estimate of drug-likeness (QED) is 0.630. The van der Waals surface area contributed by atoms with E-state index in [1.165, 1.54) is 16.6 Å².